The van der Waals surface area contributed by atoms with E-state index in [2.05, 4.69) is 10.9 Å². The maximum Gasteiger partial charge on any atom is 0.237 e. The van der Waals surface area contributed by atoms with Crippen LogP contribution in [-0.4, -0.2) is 61.5 Å². The van der Waals surface area contributed by atoms with Gasteiger partial charge in [0.25, 0.3) is 0 Å². The number of carbonyl (C=O) groups excluding carboxylic acids is 1. The number of piperidine rings is 1. The number of nitrogens with one attached hydrogen (secondary N) is 1. The summed E-state index contributed by atoms with van der Waals surface area (Å²) in [5.74, 6) is -0.217. The normalized spacial score (nSPS) is 18.8. The number of ether oxygens (including phenoxy) is 1. The van der Waals surface area contributed by atoms with E-state index in [4.69, 9.17) is 9.84 Å². The van der Waals surface area contributed by atoms with Gasteiger partial charge >= 0.3 is 0 Å². The quantitative estimate of drug-likeness (QED) is 0.814. The van der Waals surface area contributed by atoms with Crippen molar-refractivity contribution in [1.29, 1.82) is 0 Å². The average Bonchev–Trinajstić information content (AvgIpc) is 3.13. The summed E-state index contributed by atoms with van der Waals surface area (Å²) < 4.78 is 32.8. The van der Waals surface area contributed by atoms with Crippen molar-refractivity contribution in [3.8, 4) is 5.69 Å². The number of likely N-dealkylation sites (tertiary alicyclic amines) is 1. The van der Waals surface area contributed by atoms with E-state index >= 15 is 0 Å². The number of sulfonamides is 1. The molecule has 0 aliphatic carbocycles. The molecule has 3 heterocycles. The standard InChI is InChI=1S/C19H24N4O4S/c1-28(25,26)20-13-17(24)22-10-8-19(9-11-22)18-15(7-12-27-19)14-23(21-18)16-5-3-2-4-6-16/h2-6,14,20H,7-13H2,1H3. The van der Waals surface area contributed by atoms with Crippen LogP contribution in [0.4, 0.5) is 0 Å². The third-order valence-corrected chi connectivity index (χ3v) is 6.07. The molecule has 0 radical (unpaired) electrons. The number of carbonyl (C=O) groups is 1. The van der Waals surface area contributed by atoms with Crippen LogP contribution >= 0.6 is 0 Å². The monoisotopic (exact) mass is 404 g/mol. The Kier molecular flexibility index (Phi) is 4.98. The lowest BCUT2D eigenvalue weighted by Gasteiger charge is -2.43. The molecule has 1 spiro atoms. The molecule has 1 fully saturated rings. The highest BCUT2D eigenvalue weighted by Gasteiger charge is 2.44. The summed E-state index contributed by atoms with van der Waals surface area (Å²) in [4.78, 5) is 14.0. The summed E-state index contributed by atoms with van der Waals surface area (Å²) in [7, 11) is -3.38. The Hall–Kier alpha value is -2.23. The summed E-state index contributed by atoms with van der Waals surface area (Å²) >= 11 is 0. The minimum Gasteiger partial charge on any atom is -0.368 e. The molecular formula is C19H24N4O4S. The fourth-order valence-electron chi connectivity index (χ4n) is 3.92. The number of nitrogens with zero attached hydrogens (tertiary/aromatic N) is 3. The maximum absolute atomic E-state index is 12.3. The summed E-state index contributed by atoms with van der Waals surface area (Å²) in [6.07, 6.45) is 5.24. The van der Waals surface area contributed by atoms with E-state index in [1.165, 1.54) is 5.56 Å². The van der Waals surface area contributed by atoms with Crippen molar-refractivity contribution in [2.24, 2.45) is 0 Å². The Labute approximate surface area is 164 Å². The van der Waals surface area contributed by atoms with Gasteiger partial charge in [0.15, 0.2) is 0 Å². The molecule has 4 rings (SSSR count). The zero-order chi connectivity index (χ0) is 19.8. The molecule has 9 heteroatoms. The van der Waals surface area contributed by atoms with Crippen LogP contribution < -0.4 is 4.72 Å². The van der Waals surface area contributed by atoms with Crippen LogP contribution in [0.15, 0.2) is 36.5 Å². The molecule has 2 aliphatic heterocycles. The highest BCUT2D eigenvalue weighted by molar-refractivity contribution is 7.88. The molecule has 8 nitrogen and oxygen atoms in total. The van der Waals surface area contributed by atoms with Crippen molar-refractivity contribution in [1.82, 2.24) is 19.4 Å². The third kappa shape index (κ3) is 3.82. The van der Waals surface area contributed by atoms with Crippen molar-refractivity contribution in [2.75, 3.05) is 32.5 Å². The summed E-state index contributed by atoms with van der Waals surface area (Å²) in [6, 6.07) is 9.97. The highest BCUT2D eigenvalue weighted by atomic mass is 32.2. The fourth-order valence-corrected chi connectivity index (χ4v) is 4.30. The predicted octanol–water partition coefficient (Wildman–Crippen LogP) is 0.812. The van der Waals surface area contributed by atoms with Crippen LogP contribution in [0.3, 0.4) is 0 Å². The summed E-state index contributed by atoms with van der Waals surface area (Å²) in [5, 5.41) is 4.83. The van der Waals surface area contributed by atoms with Crippen molar-refractivity contribution in [2.45, 2.75) is 24.9 Å². The van der Waals surface area contributed by atoms with Gasteiger partial charge in [-0.3, -0.25) is 4.79 Å². The molecule has 28 heavy (non-hydrogen) atoms. The van der Waals surface area contributed by atoms with Crippen molar-refractivity contribution in [3.05, 3.63) is 47.8 Å². The van der Waals surface area contributed by atoms with Gasteiger partial charge in [0.2, 0.25) is 15.9 Å². The molecule has 1 saturated heterocycles. The molecule has 1 aromatic heterocycles. The van der Waals surface area contributed by atoms with Gasteiger partial charge < -0.3 is 9.64 Å². The van der Waals surface area contributed by atoms with Gasteiger partial charge in [-0.05, 0) is 37.0 Å². The van der Waals surface area contributed by atoms with Gasteiger partial charge in [0.1, 0.15) is 5.60 Å². The number of rotatable bonds is 4. The second kappa shape index (κ2) is 7.31. The van der Waals surface area contributed by atoms with E-state index in [0.29, 0.717) is 32.5 Å². The molecule has 0 saturated carbocycles. The van der Waals surface area contributed by atoms with Crippen LogP contribution in [0.25, 0.3) is 5.69 Å². The van der Waals surface area contributed by atoms with Crippen molar-refractivity contribution < 1.29 is 17.9 Å². The fraction of sp³-hybridized carbons (Fsp3) is 0.474. The van der Waals surface area contributed by atoms with Gasteiger partial charge in [-0.15, -0.1) is 0 Å². The van der Waals surface area contributed by atoms with Crippen LogP contribution in [0.2, 0.25) is 0 Å². The molecule has 2 aliphatic rings. The number of amides is 1. The zero-order valence-corrected chi connectivity index (χ0v) is 16.6. The van der Waals surface area contributed by atoms with Gasteiger partial charge in [-0.1, -0.05) is 18.2 Å². The Morgan fingerprint density at radius 3 is 2.64 bits per heavy atom. The lowest BCUT2D eigenvalue weighted by molar-refractivity contribution is -0.140. The van der Waals surface area contributed by atoms with Gasteiger partial charge in [-0.2, -0.15) is 5.10 Å². The number of hydrogen-bond acceptors (Lipinski definition) is 5. The Bertz CT molecular complexity index is 963. The minimum atomic E-state index is -3.38. The number of aromatic nitrogens is 2. The molecule has 0 bridgehead atoms. The molecule has 150 valence electrons. The van der Waals surface area contributed by atoms with E-state index in [1.807, 2.05) is 35.0 Å². The lowest BCUT2D eigenvalue weighted by Crippen LogP contribution is -2.50. The lowest BCUT2D eigenvalue weighted by atomic mass is 9.84. The Morgan fingerprint density at radius 2 is 1.96 bits per heavy atom. The topological polar surface area (TPSA) is 93.5 Å². The first kappa shape index (κ1) is 19.1. The number of fused-ring (bicyclic) bond motifs is 2. The van der Waals surface area contributed by atoms with Crippen LogP contribution in [0.5, 0.6) is 0 Å². The SMILES string of the molecule is CS(=O)(=O)NCC(=O)N1CCC2(CC1)OCCc1cn(-c3ccccc3)nc12. The first-order valence-corrected chi connectivity index (χ1v) is 11.3. The maximum atomic E-state index is 12.3. The van der Waals surface area contributed by atoms with Crippen LogP contribution in [0.1, 0.15) is 24.1 Å². The Balaban J connectivity index is 1.49. The molecule has 2 aromatic rings. The molecule has 1 amide bonds. The minimum absolute atomic E-state index is 0.208. The van der Waals surface area contributed by atoms with Gasteiger partial charge in [0, 0.05) is 19.3 Å². The second-order valence-electron chi connectivity index (χ2n) is 7.35. The summed E-state index contributed by atoms with van der Waals surface area (Å²) in [6.45, 7) is 1.46. The number of hydrogen-bond donors (Lipinski definition) is 1. The molecule has 0 unspecified atom stereocenters. The average molecular weight is 404 g/mol. The summed E-state index contributed by atoms with van der Waals surface area (Å²) in [5.41, 5.74) is 2.68. The smallest absolute Gasteiger partial charge is 0.237 e. The van der Waals surface area contributed by atoms with E-state index in [1.54, 1.807) is 4.90 Å². The van der Waals surface area contributed by atoms with Gasteiger partial charge in [-0.25, -0.2) is 17.8 Å². The van der Waals surface area contributed by atoms with Crippen LogP contribution in [0, 0.1) is 0 Å². The van der Waals surface area contributed by atoms with E-state index < -0.39 is 15.6 Å². The second-order valence-corrected chi connectivity index (χ2v) is 9.18. The number of benzene rings is 1. The first-order chi connectivity index (χ1) is 13.4. The van der Waals surface area contributed by atoms with E-state index in [-0.39, 0.29) is 12.5 Å². The largest absolute Gasteiger partial charge is 0.368 e. The molecule has 1 N–H and O–H groups in total. The van der Waals surface area contributed by atoms with Crippen molar-refractivity contribution in [3.63, 3.8) is 0 Å². The number of para-hydroxylation sites is 1. The Morgan fingerprint density at radius 1 is 1.25 bits per heavy atom. The van der Waals surface area contributed by atoms with Crippen LogP contribution in [-0.2, 0) is 31.6 Å². The van der Waals surface area contributed by atoms with Gasteiger partial charge in [0.05, 0.1) is 30.8 Å². The predicted molar refractivity (Wildman–Crippen MR) is 104 cm³/mol. The zero-order valence-electron chi connectivity index (χ0n) is 15.8. The van der Waals surface area contributed by atoms with E-state index in [0.717, 1.165) is 24.1 Å². The molecular weight excluding hydrogens is 380 g/mol. The third-order valence-electron chi connectivity index (χ3n) is 5.40. The first-order valence-electron chi connectivity index (χ1n) is 9.37. The highest BCUT2D eigenvalue weighted by Crippen LogP contribution is 2.40. The van der Waals surface area contributed by atoms with E-state index in [9.17, 15) is 13.2 Å². The molecule has 1 aromatic carbocycles. The molecule has 0 atom stereocenters. The van der Waals surface area contributed by atoms with Crippen molar-refractivity contribution >= 4 is 15.9 Å².